The first kappa shape index (κ1) is 12.9. The van der Waals surface area contributed by atoms with Gasteiger partial charge in [-0.25, -0.2) is 0 Å². The molecule has 1 fully saturated rings. The zero-order chi connectivity index (χ0) is 13.1. The zero-order valence-corrected chi connectivity index (χ0v) is 11.5. The van der Waals surface area contributed by atoms with E-state index >= 15 is 0 Å². The van der Waals surface area contributed by atoms with Crippen LogP contribution in [-0.4, -0.2) is 38.1 Å². The lowest BCUT2D eigenvalue weighted by molar-refractivity contribution is 0.249. The predicted octanol–water partition coefficient (Wildman–Crippen LogP) is 2.40. The average Bonchev–Trinajstić information content (AvgIpc) is 2.39. The Morgan fingerprint density at radius 1 is 1.28 bits per heavy atom. The first-order valence-corrected chi connectivity index (χ1v) is 6.54. The number of rotatable bonds is 2. The summed E-state index contributed by atoms with van der Waals surface area (Å²) in [6.45, 7) is 4.17. The molecule has 1 aromatic carbocycles. The molecule has 1 aliphatic rings. The van der Waals surface area contributed by atoms with E-state index in [0.717, 1.165) is 24.3 Å². The highest BCUT2D eigenvalue weighted by atomic mass is 15.2. The second-order valence-corrected chi connectivity index (χ2v) is 5.31. The van der Waals surface area contributed by atoms with Gasteiger partial charge in [-0.3, -0.25) is 0 Å². The van der Waals surface area contributed by atoms with Gasteiger partial charge in [0.05, 0.1) is 11.3 Å². The molecule has 96 valence electrons. The molecule has 0 saturated carbocycles. The number of aryl methyl sites for hydroxylation is 1. The molecule has 1 saturated heterocycles. The van der Waals surface area contributed by atoms with Crippen LogP contribution in [-0.2, 0) is 0 Å². The molecule has 1 aromatic rings. The van der Waals surface area contributed by atoms with Crippen molar-refractivity contribution in [3.8, 4) is 6.07 Å². The van der Waals surface area contributed by atoms with Crippen molar-refractivity contribution in [3.63, 3.8) is 0 Å². The molecule has 0 spiro atoms. The minimum atomic E-state index is 0.677. The van der Waals surface area contributed by atoms with Crippen LogP contribution in [0.1, 0.15) is 24.0 Å². The number of benzene rings is 1. The highest BCUT2D eigenvalue weighted by Gasteiger charge is 2.22. The molecule has 18 heavy (non-hydrogen) atoms. The van der Waals surface area contributed by atoms with Crippen molar-refractivity contribution in [1.29, 1.82) is 5.26 Å². The van der Waals surface area contributed by atoms with Gasteiger partial charge < -0.3 is 9.80 Å². The first-order valence-electron chi connectivity index (χ1n) is 6.54. The summed E-state index contributed by atoms with van der Waals surface area (Å²) in [7, 11) is 4.29. The second-order valence-electron chi connectivity index (χ2n) is 5.31. The van der Waals surface area contributed by atoms with Crippen LogP contribution in [0, 0.1) is 18.3 Å². The summed E-state index contributed by atoms with van der Waals surface area (Å²) < 4.78 is 0. The monoisotopic (exact) mass is 243 g/mol. The highest BCUT2D eigenvalue weighted by Crippen LogP contribution is 2.26. The third kappa shape index (κ3) is 2.65. The van der Waals surface area contributed by atoms with E-state index in [1.165, 1.54) is 18.4 Å². The summed E-state index contributed by atoms with van der Waals surface area (Å²) >= 11 is 0. The summed E-state index contributed by atoms with van der Waals surface area (Å²) in [5, 5.41) is 9.20. The Hall–Kier alpha value is -1.53. The first-order chi connectivity index (χ1) is 8.61. The van der Waals surface area contributed by atoms with Crippen LogP contribution in [0.3, 0.4) is 0 Å². The van der Waals surface area contributed by atoms with Crippen molar-refractivity contribution in [2.75, 3.05) is 32.1 Å². The number of hydrogen-bond donors (Lipinski definition) is 0. The number of anilines is 1. The van der Waals surface area contributed by atoms with Gasteiger partial charge in [0.25, 0.3) is 0 Å². The Morgan fingerprint density at radius 3 is 2.50 bits per heavy atom. The molecule has 0 aromatic heterocycles. The molecule has 0 radical (unpaired) electrons. The minimum absolute atomic E-state index is 0.677. The number of hydrogen-bond acceptors (Lipinski definition) is 3. The molecule has 0 amide bonds. The fourth-order valence-corrected chi connectivity index (χ4v) is 2.62. The Morgan fingerprint density at radius 2 is 1.94 bits per heavy atom. The van der Waals surface area contributed by atoms with Crippen molar-refractivity contribution < 1.29 is 0 Å². The molecule has 3 nitrogen and oxygen atoms in total. The third-order valence-electron chi connectivity index (χ3n) is 3.81. The fourth-order valence-electron chi connectivity index (χ4n) is 2.62. The van der Waals surface area contributed by atoms with E-state index in [2.05, 4.69) is 43.0 Å². The van der Waals surface area contributed by atoms with Gasteiger partial charge >= 0.3 is 0 Å². The lowest BCUT2D eigenvalue weighted by Gasteiger charge is -2.36. The number of nitrogens with zero attached hydrogens (tertiary/aromatic N) is 3. The lowest BCUT2D eigenvalue weighted by Crippen LogP contribution is -2.42. The molecule has 0 atom stereocenters. The second kappa shape index (κ2) is 5.41. The summed E-state index contributed by atoms with van der Waals surface area (Å²) in [5.41, 5.74) is 3.12. The van der Waals surface area contributed by atoms with Crippen LogP contribution < -0.4 is 4.90 Å². The van der Waals surface area contributed by atoms with Gasteiger partial charge in [0.2, 0.25) is 0 Å². The summed E-state index contributed by atoms with van der Waals surface area (Å²) in [5.74, 6) is 0. The maximum atomic E-state index is 9.20. The van der Waals surface area contributed by atoms with Gasteiger partial charge in [-0.05, 0) is 51.6 Å². The Bertz CT molecular complexity index is 451. The molecule has 3 heteroatoms. The quantitative estimate of drug-likeness (QED) is 0.799. The topological polar surface area (TPSA) is 30.3 Å². The van der Waals surface area contributed by atoms with Crippen molar-refractivity contribution in [1.82, 2.24) is 4.90 Å². The van der Waals surface area contributed by atoms with Crippen LogP contribution >= 0.6 is 0 Å². The zero-order valence-electron chi connectivity index (χ0n) is 11.5. The lowest BCUT2D eigenvalue weighted by atomic mass is 10.0. The highest BCUT2D eigenvalue weighted by molar-refractivity contribution is 5.60. The van der Waals surface area contributed by atoms with Crippen LogP contribution in [0.2, 0.25) is 0 Å². The fraction of sp³-hybridized carbons (Fsp3) is 0.533. The molecule has 0 N–H and O–H groups in total. The van der Waals surface area contributed by atoms with Crippen LogP contribution in [0.15, 0.2) is 18.2 Å². The molecule has 0 aliphatic carbocycles. The van der Waals surface area contributed by atoms with Crippen molar-refractivity contribution >= 4 is 5.69 Å². The predicted molar refractivity (Wildman–Crippen MR) is 74.8 cm³/mol. The number of piperidine rings is 1. The normalized spacial score (nSPS) is 16.9. The molecule has 2 rings (SSSR count). The maximum Gasteiger partial charge on any atom is 0.101 e. The molecule has 0 unspecified atom stereocenters. The SMILES string of the molecule is Cc1ccc(C#N)c(N2CCC(N(C)C)CC2)c1. The molecule has 1 aliphatic heterocycles. The molecular weight excluding hydrogens is 222 g/mol. The van der Waals surface area contributed by atoms with Gasteiger partial charge in [0.1, 0.15) is 6.07 Å². The largest absolute Gasteiger partial charge is 0.370 e. The van der Waals surface area contributed by atoms with Gasteiger partial charge in [-0.2, -0.15) is 5.26 Å². The van der Waals surface area contributed by atoms with Gasteiger partial charge in [0, 0.05) is 19.1 Å². The molecular formula is C15H21N3. The Kier molecular flexibility index (Phi) is 3.88. The van der Waals surface area contributed by atoms with E-state index in [1.54, 1.807) is 0 Å². The van der Waals surface area contributed by atoms with Crippen LogP contribution in [0.5, 0.6) is 0 Å². The van der Waals surface area contributed by atoms with E-state index in [-0.39, 0.29) is 0 Å². The van der Waals surface area contributed by atoms with E-state index in [1.807, 2.05) is 12.1 Å². The number of nitriles is 1. The maximum absolute atomic E-state index is 9.20. The standard InChI is InChI=1S/C15H21N3/c1-12-4-5-13(11-16)15(10-12)18-8-6-14(7-9-18)17(2)3/h4-5,10,14H,6-9H2,1-3H3. The van der Waals surface area contributed by atoms with Crippen LogP contribution in [0.25, 0.3) is 0 Å². The smallest absolute Gasteiger partial charge is 0.101 e. The van der Waals surface area contributed by atoms with E-state index < -0.39 is 0 Å². The molecule has 0 bridgehead atoms. The Labute approximate surface area is 110 Å². The van der Waals surface area contributed by atoms with Gasteiger partial charge in [-0.1, -0.05) is 6.07 Å². The average molecular weight is 243 g/mol. The minimum Gasteiger partial charge on any atom is -0.370 e. The van der Waals surface area contributed by atoms with E-state index in [0.29, 0.717) is 6.04 Å². The van der Waals surface area contributed by atoms with Crippen molar-refractivity contribution in [3.05, 3.63) is 29.3 Å². The van der Waals surface area contributed by atoms with Crippen molar-refractivity contribution in [2.24, 2.45) is 0 Å². The third-order valence-corrected chi connectivity index (χ3v) is 3.81. The van der Waals surface area contributed by atoms with E-state index in [4.69, 9.17) is 0 Å². The van der Waals surface area contributed by atoms with Gasteiger partial charge in [0.15, 0.2) is 0 Å². The molecule has 1 heterocycles. The van der Waals surface area contributed by atoms with Crippen molar-refractivity contribution in [2.45, 2.75) is 25.8 Å². The summed E-state index contributed by atoms with van der Waals surface area (Å²) in [4.78, 5) is 4.66. The van der Waals surface area contributed by atoms with E-state index in [9.17, 15) is 5.26 Å². The Balaban J connectivity index is 2.14. The summed E-state index contributed by atoms with van der Waals surface area (Å²) in [6.07, 6.45) is 2.34. The summed E-state index contributed by atoms with van der Waals surface area (Å²) in [6, 6.07) is 9.05. The van der Waals surface area contributed by atoms with Gasteiger partial charge in [-0.15, -0.1) is 0 Å². The van der Waals surface area contributed by atoms with Crippen LogP contribution in [0.4, 0.5) is 5.69 Å².